The first-order valence-electron chi connectivity index (χ1n) is 9.25. The Hall–Kier alpha value is -3.99. The highest BCUT2D eigenvalue weighted by atomic mass is 19.3. The summed E-state index contributed by atoms with van der Waals surface area (Å²) in [6.07, 6.45) is 0. The molecular weight excluding hydrogens is 406 g/mol. The zero-order valence-electron chi connectivity index (χ0n) is 16.8. The van der Waals surface area contributed by atoms with E-state index in [1.54, 1.807) is 36.6 Å². The number of aromatic nitrogens is 1. The molecule has 31 heavy (non-hydrogen) atoms. The first-order valence-corrected chi connectivity index (χ1v) is 9.25. The highest BCUT2D eigenvalue weighted by Gasteiger charge is 2.19. The highest BCUT2D eigenvalue weighted by Crippen LogP contribution is 2.24. The number of esters is 1. The Morgan fingerprint density at radius 3 is 2.29 bits per heavy atom. The molecule has 0 saturated heterocycles. The molecular formula is C23H18F2N2O4. The number of carbonyl (C=O) groups excluding carboxylic acids is 2. The lowest BCUT2D eigenvalue weighted by Crippen LogP contribution is -2.15. The SMILES string of the molecule is Cc1cc(C(=O)COC(=O)c2ccc(C#N)cc2)c(C)n1-c1ccc(OC(F)F)cc1. The summed E-state index contributed by atoms with van der Waals surface area (Å²) in [7, 11) is 0. The maximum atomic E-state index is 12.6. The van der Waals surface area contributed by atoms with E-state index in [2.05, 4.69) is 4.74 Å². The Labute approximate surface area is 177 Å². The quantitative estimate of drug-likeness (QED) is 0.409. The van der Waals surface area contributed by atoms with Gasteiger partial charge >= 0.3 is 12.6 Å². The van der Waals surface area contributed by atoms with Crippen LogP contribution in [0.15, 0.2) is 54.6 Å². The minimum atomic E-state index is -2.91. The van der Waals surface area contributed by atoms with E-state index in [0.29, 0.717) is 22.5 Å². The van der Waals surface area contributed by atoms with Crippen molar-refractivity contribution in [2.45, 2.75) is 20.5 Å². The predicted molar refractivity (Wildman–Crippen MR) is 108 cm³/mol. The Bertz CT molecular complexity index is 1140. The molecule has 0 radical (unpaired) electrons. The minimum absolute atomic E-state index is 0.0345. The van der Waals surface area contributed by atoms with Gasteiger partial charge in [0.1, 0.15) is 5.75 Å². The summed E-state index contributed by atoms with van der Waals surface area (Å²) in [5.41, 5.74) is 3.08. The fourth-order valence-corrected chi connectivity index (χ4v) is 3.19. The monoisotopic (exact) mass is 424 g/mol. The molecule has 1 heterocycles. The summed E-state index contributed by atoms with van der Waals surface area (Å²) >= 11 is 0. The number of hydrogen-bond acceptors (Lipinski definition) is 5. The molecule has 0 aliphatic carbocycles. The van der Waals surface area contributed by atoms with Gasteiger partial charge in [0.15, 0.2) is 6.61 Å². The molecule has 0 aliphatic rings. The highest BCUT2D eigenvalue weighted by molar-refractivity contribution is 6.00. The number of carbonyl (C=O) groups is 2. The largest absolute Gasteiger partial charge is 0.454 e. The number of ether oxygens (including phenoxy) is 2. The zero-order valence-corrected chi connectivity index (χ0v) is 16.8. The van der Waals surface area contributed by atoms with Gasteiger partial charge in [-0.2, -0.15) is 14.0 Å². The molecule has 0 atom stereocenters. The summed E-state index contributed by atoms with van der Waals surface area (Å²) in [4.78, 5) is 24.8. The summed E-state index contributed by atoms with van der Waals surface area (Å²) in [6.45, 7) is 0.198. The molecule has 0 aliphatic heterocycles. The number of benzene rings is 2. The van der Waals surface area contributed by atoms with Crippen molar-refractivity contribution < 1.29 is 27.8 Å². The Morgan fingerprint density at radius 1 is 1.06 bits per heavy atom. The second-order valence-electron chi connectivity index (χ2n) is 6.68. The van der Waals surface area contributed by atoms with Gasteiger partial charge in [-0.25, -0.2) is 4.79 Å². The molecule has 0 amide bonds. The fourth-order valence-electron chi connectivity index (χ4n) is 3.19. The van der Waals surface area contributed by atoms with Crippen molar-refractivity contribution >= 4 is 11.8 Å². The zero-order chi connectivity index (χ0) is 22.5. The van der Waals surface area contributed by atoms with Gasteiger partial charge in [-0.15, -0.1) is 0 Å². The fraction of sp³-hybridized carbons (Fsp3) is 0.174. The summed E-state index contributed by atoms with van der Waals surface area (Å²) in [6, 6.07) is 15.6. The predicted octanol–water partition coefficient (Wildman–Crippen LogP) is 4.61. The van der Waals surface area contributed by atoms with Crippen molar-refractivity contribution in [2.24, 2.45) is 0 Å². The molecule has 1 aromatic heterocycles. The van der Waals surface area contributed by atoms with Gasteiger partial charge in [0, 0.05) is 22.6 Å². The van der Waals surface area contributed by atoms with Crippen LogP contribution < -0.4 is 4.74 Å². The van der Waals surface area contributed by atoms with E-state index in [0.717, 1.165) is 5.69 Å². The molecule has 0 saturated carbocycles. The molecule has 3 aromatic rings. The normalized spacial score (nSPS) is 10.6. The lowest BCUT2D eigenvalue weighted by atomic mass is 10.1. The van der Waals surface area contributed by atoms with Crippen LogP contribution in [0.4, 0.5) is 8.78 Å². The van der Waals surface area contributed by atoms with E-state index in [9.17, 15) is 18.4 Å². The van der Waals surface area contributed by atoms with E-state index < -0.39 is 19.2 Å². The van der Waals surface area contributed by atoms with Gasteiger partial charge in [-0.1, -0.05) is 0 Å². The lowest BCUT2D eigenvalue weighted by molar-refractivity contribution is -0.0498. The third-order valence-electron chi connectivity index (χ3n) is 4.64. The summed E-state index contributed by atoms with van der Waals surface area (Å²) in [5.74, 6) is -1.01. The number of alkyl halides is 2. The van der Waals surface area contributed by atoms with Crippen LogP contribution in [0, 0.1) is 25.2 Å². The van der Waals surface area contributed by atoms with Crippen LogP contribution in [-0.4, -0.2) is 29.5 Å². The second kappa shape index (κ2) is 9.22. The topological polar surface area (TPSA) is 81.3 Å². The van der Waals surface area contributed by atoms with Crippen LogP contribution in [-0.2, 0) is 4.74 Å². The van der Waals surface area contributed by atoms with Gasteiger partial charge in [0.2, 0.25) is 5.78 Å². The van der Waals surface area contributed by atoms with Crippen molar-refractivity contribution in [1.82, 2.24) is 4.57 Å². The maximum Gasteiger partial charge on any atom is 0.387 e. The first kappa shape index (κ1) is 21.7. The smallest absolute Gasteiger partial charge is 0.387 e. The van der Waals surface area contributed by atoms with Gasteiger partial charge in [0.25, 0.3) is 0 Å². The molecule has 0 N–H and O–H groups in total. The molecule has 0 bridgehead atoms. The average Bonchev–Trinajstić information content (AvgIpc) is 3.06. The number of ketones is 1. The van der Waals surface area contributed by atoms with E-state index in [1.165, 1.54) is 36.4 Å². The number of hydrogen-bond donors (Lipinski definition) is 0. The number of nitriles is 1. The van der Waals surface area contributed by atoms with Crippen LogP contribution in [0.2, 0.25) is 0 Å². The second-order valence-corrected chi connectivity index (χ2v) is 6.68. The Balaban J connectivity index is 1.72. The van der Waals surface area contributed by atoms with Crippen LogP contribution in [0.25, 0.3) is 5.69 Å². The van der Waals surface area contributed by atoms with Crippen molar-refractivity contribution in [2.75, 3.05) is 6.61 Å². The minimum Gasteiger partial charge on any atom is -0.454 e. The van der Waals surface area contributed by atoms with Crippen LogP contribution in [0.1, 0.15) is 37.7 Å². The van der Waals surface area contributed by atoms with Crippen molar-refractivity contribution in [3.63, 3.8) is 0 Å². The van der Waals surface area contributed by atoms with Crippen molar-refractivity contribution in [3.8, 4) is 17.5 Å². The number of nitrogens with zero attached hydrogens (tertiary/aromatic N) is 2. The van der Waals surface area contributed by atoms with E-state index in [4.69, 9.17) is 10.00 Å². The van der Waals surface area contributed by atoms with Gasteiger partial charge in [-0.3, -0.25) is 4.79 Å². The molecule has 6 nitrogen and oxygen atoms in total. The Kier molecular flexibility index (Phi) is 6.46. The summed E-state index contributed by atoms with van der Waals surface area (Å²) in [5, 5.41) is 8.80. The third-order valence-corrected chi connectivity index (χ3v) is 4.64. The van der Waals surface area contributed by atoms with E-state index in [1.807, 2.05) is 6.07 Å². The van der Waals surface area contributed by atoms with E-state index in [-0.39, 0.29) is 17.1 Å². The Morgan fingerprint density at radius 2 is 1.71 bits per heavy atom. The first-order chi connectivity index (χ1) is 14.8. The molecule has 158 valence electrons. The lowest BCUT2D eigenvalue weighted by Gasteiger charge is -2.11. The molecule has 0 fully saturated rings. The van der Waals surface area contributed by atoms with Gasteiger partial charge in [-0.05, 0) is 68.4 Å². The van der Waals surface area contributed by atoms with Crippen LogP contribution in [0.5, 0.6) is 5.75 Å². The average molecular weight is 424 g/mol. The number of rotatable bonds is 7. The number of aryl methyl sites for hydroxylation is 1. The van der Waals surface area contributed by atoms with E-state index >= 15 is 0 Å². The molecule has 0 unspecified atom stereocenters. The van der Waals surface area contributed by atoms with Crippen LogP contribution in [0.3, 0.4) is 0 Å². The van der Waals surface area contributed by atoms with Crippen molar-refractivity contribution in [3.05, 3.63) is 82.7 Å². The third kappa shape index (κ3) is 4.95. The van der Waals surface area contributed by atoms with Crippen molar-refractivity contribution in [1.29, 1.82) is 5.26 Å². The van der Waals surface area contributed by atoms with Gasteiger partial charge in [0.05, 0.1) is 17.2 Å². The molecule has 2 aromatic carbocycles. The molecule has 8 heteroatoms. The number of halogens is 2. The standard InChI is InChI=1S/C23H18F2N2O4/c1-14-11-20(15(2)27(14)18-7-9-19(10-8-18)31-23(24)25)21(28)13-30-22(29)17-5-3-16(12-26)4-6-17/h3-11,23H,13H2,1-2H3. The van der Waals surface area contributed by atoms with Gasteiger partial charge < -0.3 is 14.0 Å². The molecule has 3 rings (SSSR count). The van der Waals surface area contributed by atoms with Crippen LogP contribution >= 0.6 is 0 Å². The maximum absolute atomic E-state index is 12.6. The number of Topliss-reactive ketones (excluding diaryl/α,β-unsaturated/α-hetero) is 1. The molecule has 0 spiro atoms. The summed E-state index contributed by atoms with van der Waals surface area (Å²) < 4.78 is 35.9.